The van der Waals surface area contributed by atoms with Crippen LogP contribution in [0, 0.1) is 6.92 Å². The van der Waals surface area contributed by atoms with Gasteiger partial charge in [0.15, 0.2) is 0 Å². The summed E-state index contributed by atoms with van der Waals surface area (Å²) in [6.45, 7) is 9.09. The van der Waals surface area contributed by atoms with Gasteiger partial charge in [0, 0.05) is 12.1 Å². The number of nitrogens with zero attached hydrogens (tertiary/aromatic N) is 4. The number of hydrogen-bond donors (Lipinski definition) is 3. The van der Waals surface area contributed by atoms with Gasteiger partial charge in [-0.2, -0.15) is 0 Å². The Hall–Kier alpha value is -3.43. The Morgan fingerprint density at radius 3 is 2.65 bits per heavy atom. The highest BCUT2D eigenvalue weighted by Crippen LogP contribution is 2.36. The van der Waals surface area contributed by atoms with Gasteiger partial charge in [0.25, 0.3) is 5.56 Å². The number of likely N-dealkylation sites (N-methyl/N-ethyl adjacent to an activating group) is 1. The number of aromatic hydroxyl groups is 1. The average molecular weight is 466 g/mol. The molecule has 0 spiro atoms. The van der Waals surface area contributed by atoms with E-state index in [1.807, 2.05) is 13.0 Å². The van der Waals surface area contributed by atoms with Crippen LogP contribution in [0.25, 0.3) is 33.2 Å². The number of ether oxygens (including phenoxy) is 1. The lowest BCUT2D eigenvalue weighted by Crippen LogP contribution is -2.31. The first-order chi connectivity index (χ1) is 16.4. The Bertz CT molecular complexity index is 1390. The first-order valence-corrected chi connectivity index (χ1v) is 11.6. The SMILES string of the molecule is CCCN(CC)CCn1[nH]c2c(-c3nc4c(O)cc(CO)c(C)c4nc3OC)cccc2c1=O. The average Bonchev–Trinajstić information content (AvgIpc) is 3.18. The molecule has 0 radical (unpaired) electrons. The zero-order valence-corrected chi connectivity index (χ0v) is 20.1. The molecular weight excluding hydrogens is 434 g/mol. The van der Waals surface area contributed by atoms with Gasteiger partial charge in [-0.25, -0.2) is 9.97 Å². The standard InChI is InChI=1S/C25H31N5O4/c1-5-10-29(6-2)11-12-30-25(33)18-9-7-8-17(21(18)28-30)22-24(34-4)27-20-15(3)16(14-31)13-19(32)23(20)26-22/h7-9,13,28,31-32H,5-6,10-12,14H2,1-4H3. The fourth-order valence-corrected chi connectivity index (χ4v) is 4.36. The number of nitrogens with one attached hydrogen (secondary N) is 1. The van der Waals surface area contributed by atoms with Crippen LogP contribution in [-0.2, 0) is 13.2 Å². The molecule has 3 N–H and O–H groups in total. The second-order valence-electron chi connectivity index (χ2n) is 8.35. The maximum Gasteiger partial charge on any atom is 0.274 e. The van der Waals surface area contributed by atoms with Gasteiger partial charge in [-0.3, -0.25) is 14.6 Å². The van der Waals surface area contributed by atoms with E-state index >= 15 is 0 Å². The van der Waals surface area contributed by atoms with Crippen LogP contribution in [0.1, 0.15) is 31.4 Å². The van der Waals surface area contributed by atoms with E-state index in [1.165, 1.54) is 13.2 Å². The first-order valence-electron chi connectivity index (χ1n) is 11.6. The predicted molar refractivity (Wildman–Crippen MR) is 132 cm³/mol. The van der Waals surface area contributed by atoms with E-state index in [2.05, 4.69) is 28.8 Å². The highest BCUT2D eigenvalue weighted by atomic mass is 16.5. The smallest absolute Gasteiger partial charge is 0.274 e. The fraction of sp³-hybridized carbons (Fsp3) is 0.400. The second-order valence-corrected chi connectivity index (χ2v) is 8.35. The molecule has 9 heteroatoms. The number of benzene rings is 2. The van der Waals surface area contributed by atoms with Gasteiger partial charge in [-0.1, -0.05) is 26.0 Å². The quantitative estimate of drug-likeness (QED) is 0.348. The molecule has 0 unspecified atom stereocenters. The summed E-state index contributed by atoms with van der Waals surface area (Å²) in [5.41, 5.74) is 3.68. The summed E-state index contributed by atoms with van der Waals surface area (Å²) < 4.78 is 7.19. The summed E-state index contributed by atoms with van der Waals surface area (Å²) in [5, 5.41) is 24.0. The number of hydrogen-bond acceptors (Lipinski definition) is 7. The van der Waals surface area contributed by atoms with Crippen molar-refractivity contribution < 1.29 is 14.9 Å². The molecule has 0 bridgehead atoms. The lowest BCUT2D eigenvalue weighted by molar-refractivity contribution is 0.271. The zero-order valence-electron chi connectivity index (χ0n) is 20.1. The van der Waals surface area contributed by atoms with Crippen molar-refractivity contribution in [3.8, 4) is 22.9 Å². The van der Waals surface area contributed by atoms with E-state index in [0.29, 0.717) is 45.3 Å². The number of aliphatic hydroxyl groups is 1. The van der Waals surface area contributed by atoms with E-state index in [1.54, 1.807) is 16.8 Å². The molecule has 0 aliphatic heterocycles. The van der Waals surface area contributed by atoms with Crippen LogP contribution in [-0.4, -0.2) is 61.6 Å². The van der Waals surface area contributed by atoms with Crippen molar-refractivity contribution in [3.63, 3.8) is 0 Å². The van der Waals surface area contributed by atoms with Gasteiger partial charge in [-0.15, -0.1) is 0 Å². The molecule has 2 aromatic heterocycles. The van der Waals surface area contributed by atoms with Crippen LogP contribution in [0.15, 0.2) is 29.1 Å². The van der Waals surface area contributed by atoms with Gasteiger partial charge in [0.05, 0.1) is 36.7 Å². The predicted octanol–water partition coefficient (Wildman–Crippen LogP) is 3.19. The maximum atomic E-state index is 13.1. The monoisotopic (exact) mass is 465 g/mol. The molecule has 0 fully saturated rings. The number of aliphatic hydroxyl groups excluding tert-OH is 1. The number of fused-ring (bicyclic) bond motifs is 2. The maximum absolute atomic E-state index is 13.1. The summed E-state index contributed by atoms with van der Waals surface area (Å²) in [6.07, 6.45) is 1.06. The summed E-state index contributed by atoms with van der Waals surface area (Å²) in [5.74, 6) is 0.196. The number of methoxy groups -OCH3 is 1. The largest absolute Gasteiger partial charge is 0.506 e. The molecule has 0 amide bonds. The van der Waals surface area contributed by atoms with Gasteiger partial charge < -0.3 is 19.8 Å². The van der Waals surface area contributed by atoms with Crippen molar-refractivity contribution in [3.05, 3.63) is 45.7 Å². The molecule has 0 aliphatic carbocycles. The molecular formula is C25H31N5O4. The van der Waals surface area contributed by atoms with Crippen molar-refractivity contribution in [2.24, 2.45) is 0 Å². The number of para-hydroxylation sites is 1. The number of H-pyrrole nitrogens is 1. The third-order valence-corrected chi connectivity index (χ3v) is 6.29. The lowest BCUT2D eigenvalue weighted by Gasteiger charge is -2.19. The topological polar surface area (TPSA) is 116 Å². The molecule has 0 aliphatic rings. The van der Waals surface area contributed by atoms with Gasteiger partial charge in [-0.05, 0) is 49.7 Å². The number of aromatic nitrogens is 4. The normalized spacial score (nSPS) is 11.7. The van der Waals surface area contributed by atoms with Crippen LogP contribution in [0.3, 0.4) is 0 Å². The number of rotatable bonds is 9. The molecule has 0 atom stereocenters. The Labute approximate surface area is 197 Å². The summed E-state index contributed by atoms with van der Waals surface area (Å²) >= 11 is 0. The molecule has 0 saturated carbocycles. The molecule has 0 saturated heterocycles. The minimum Gasteiger partial charge on any atom is -0.506 e. The Kier molecular flexibility index (Phi) is 6.85. The summed E-state index contributed by atoms with van der Waals surface area (Å²) in [7, 11) is 1.51. The molecule has 2 aromatic carbocycles. The highest BCUT2D eigenvalue weighted by Gasteiger charge is 2.20. The minimum atomic E-state index is -0.219. The lowest BCUT2D eigenvalue weighted by atomic mass is 10.0. The molecule has 4 rings (SSSR count). The molecule has 4 aromatic rings. The molecule has 9 nitrogen and oxygen atoms in total. The van der Waals surface area contributed by atoms with Crippen LogP contribution in [0.2, 0.25) is 0 Å². The summed E-state index contributed by atoms with van der Waals surface area (Å²) in [4.78, 5) is 24.7. The minimum absolute atomic E-state index is 0.0742. The van der Waals surface area contributed by atoms with Crippen LogP contribution >= 0.6 is 0 Å². The van der Waals surface area contributed by atoms with E-state index < -0.39 is 0 Å². The van der Waals surface area contributed by atoms with E-state index in [9.17, 15) is 15.0 Å². The van der Waals surface area contributed by atoms with Crippen LogP contribution in [0.4, 0.5) is 0 Å². The number of aryl methyl sites for hydroxylation is 1. The van der Waals surface area contributed by atoms with Crippen molar-refractivity contribution >= 4 is 21.9 Å². The van der Waals surface area contributed by atoms with Gasteiger partial charge >= 0.3 is 0 Å². The van der Waals surface area contributed by atoms with E-state index in [0.717, 1.165) is 31.6 Å². The third-order valence-electron chi connectivity index (χ3n) is 6.29. The molecule has 34 heavy (non-hydrogen) atoms. The molecule has 180 valence electrons. The zero-order chi connectivity index (χ0) is 24.4. The van der Waals surface area contributed by atoms with Crippen molar-refractivity contribution in [1.82, 2.24) is 24.6 Å². The highest BCUT2D eigenvalue weighted by molar-refractivity contribution is 5.96. The van der Waals surface area contributed by atoms with Crippen molar-refractivity contribution in [1.29, 1.82) is 0 Å². The van der Waals surface area contributed by atoms with Crippen LogP contribution < -0.4 is 10.3 Å². The Balaban J connectivity index is 1.86. The fourth-order valence-electron chi connectivity index (χ4n) is 4.36. The Morgan fingerprint density at radius 2 is 1.97 bits per heavy atom. The van der Waals surface area contributed by atoms with Gasteiger partial charge in [0.1, 0.15) is 17.0 Å². The number of phenols is 1. The molecule has 2 heterocycles. The van der Waals surface area contributed by atoms with E-state index in [-0.39, 0.29) is 23.8 Å². The Morgan fingerprint density at radius 1 is 1.18 bits per heavy atom. The van der Waals surface area contributed by atoms with Crippen LogP contribution in [0.5, 0.6) is 11.6 Å². The number of phenolic OH excluding ortho intramolecular Hbond substituents is 1. The number of aromatic amines is 1. The van der Waals surface area contributed by atoms with Gasteiger partial charge in [0.2, 0.25) is 5.88 Å². The van der Waals surface area contributed by atoms with Crippen molar-refractivity contribution in [2.45, 2.75) is 40.3 Å². The first kappa shape index (κ1) is 23.7. The van der Waals surface area contributed by atoms with E-state index in [4.69, 9.17) is 9.72 Å². The second kappa shape index (κ2) is 9.82. The summed E-state index contributed by atoms with van der Waals surface area (Å²) in [6, 6.07) is 6.94. The third kappa shape index (κ3) is 4.12. The van der Waals surface area contributed by atoms with Crippen molar-refractivity contribution in [2.75, 3.05) is 26.7 Å².